The molecule has 0 aromatic heterocycles. The number of ether oxygens (including phenoxy) is 2. The Labute approximate surface area is 164 Å². The molecule has 0 aliphatic carbocycles. The van der Waals surface area contributed by atoms with Gasteiger partial charge in [-0.2, -0.15) is 0 Å². The Morgan fingerprint density at radius 1 is 1.22 bits per heavy atom. The molecule has 5 nitrogen and oxygen atoms in total. The molecule has 6 heteroatoms. The zero-order valence-corrected chi connectivity index (χ0v) is 16.2. The molecule has 3 rings (SSSR count). The second-order valence-electron chi connectivity index (χ2n) is 6.50. The average Bonchev–Trinajstić information content (AvgIpc) is 2.67. The van der Waals surface area contributed by atoms with Gasteiger partial charge in [-0.25, -0.2) is 0 Å². The molecular formula is C21H23ClN2O3. The van der Waals surface area contributed by atoms with Gasteiger partial charge in [0.1, 0.15) is 13.2 Å². The zero-order chi connectivity index (χ0) is 19.2. The maximum atomic E-state index is 12.2. The largest absolute Gasteiger partial charge is 0.486 e. The summed E-state index contributed by atoms with van der Waals surface area (Å²) < 4.78 is 11.1. The van der Waals surface area contributed by atoms with E-state index in [1.807, 2.05) is 38.4 Å². The Kier molecular flexibility index (Phi) is 6.37. The SMILES string of the molecule is CN(C)C(CNC(=O)/C=C/c1cc(Cl)c2c(c1)OCCO2)c1ccccc1. The van der Waals surface area contributed by atoms with Crippen molar-refractivity contribution in [2.75, 3.05) is 33.9 Å². The third-order valence-electron chi connectivity index (χ3n) is 4.32. The van der Waals surface area contributed by atoms with Crippen LogP contribution in [0, 0.1) is 0 Å². The third kappa shape index (κ3) is 5.02. The van der Waals surface area contributed by atoms with Crippen molar-refractivity contribution < 1.29 is 14.3 Å². The summed E-state index contributed by atoms with van der Waals surface area (Å²) in [6, 6.07) is 13.8. The van der Waals surface area contributed by atoms with Crippen LogP contribution in [0.15, 0.2) is 48.5 Å². The highest BCUT2D eigenvalue weighted by Crippen LogP contribution is 2.38. The van der Waals surface area contributed by atoms with Crippen LogP contribution >= 0.6 is 11.6 Å². The molecule has 0 saturated heterocycles. The maximum absolute atomic E-state index is 12.2. The summed E-state index contributed by atoms with van der Waals surface area (Å²) in [5.41, 5.74) is 1.94. The van der Waals surface area contributed by atoms with Gasteiger partial charge in [0.2, 0.25) is 5.91 Å². The van der Waals surface area contributed by atoms with Crippen molar-refractivity contribution in [1.82, 2.24) is 10.2 Å². The van der Waals surface area contributed by atoms with E-state index in [0.717, 1.165) is 11.1 Å². The normalized spacial score (nSPS) is 14.4. The molecule has 1 unspecified atom stereocenters. The van der Waals surface area contributed by atoms with Gasteiger partial charge in [-0.05, 0) is 43.4 Å². The van der Waals surface area contributed by atoms with Crippen LogP contribution in [0.25, 0.3) is 6.08 Å². The highest BCUT2D eigenvalue weighted by molar-refractivity contribution is 6.32. The molecule has 27 heavy (non-hydrogen) atoms. The average molecular weight is 387 g/mol. The number of carbonyl (C=O) groups excluding carboxylic acids is 1. The molecule has 2 aromatic rings. The first-order valence-electron chi connectivity index (χ1n) is 8.81. The van der Waals surface area contributed by atoms with Crippen LogP contribution < -0.4 is 14.8 Å². The van der Waals surface area contributed by atoms with Crippen molar-refractivity contribution in [3.63, 3.8) is 0 Å². The molecule has 1 aliphatic rings. The fraction of sp³-hybridized carbons (Fsp3) is 0.286. The fourth-order valence-corrected chi connectivity index (χ4v) is 3.20. The van der Waals surface area contributed by atoms with Gasteiger partial charge in [0.15, 0.2) is 11.5 Å². The Hall–Kier alpha value is -2.50. The lowest BCUT2D eigenvalue weighted by molar-refractivity contribution is -0.116. The van der Waals surface area contributed by atoms with E-state index in [1.54, 1.807) is 12.1 Å². The van der Waals surface area contributed by atoms with Crippen LogP contribution in [0.2, 0.25) is 5.02 Å². The van der Waals surface area contributed by atoms with E-state index < -0.39 is 0 Å². The van der Waals surface area contributed by atoms with Crippen LogP contribution in [-0.2, 0) is 4.79 Å². The molecule has 0 fully saturated rings. The van der Waals surface area contributed by atoms with Gasteiger partial charge in [-0.1, -0.05) is 41.9 Å². The van der Waals surface area contributed by atoms with Gasteiger partial charge < -0.3 is 19.7 Å². The van der Waals surface area contributed by atoms with Gasteiger partial charge in [0.25, 0.3) is 0 Å². The molecule has 2 aromatic carbocycles. The topological polar surface area (TPSA) is 50.8 Å². The molecule has 142 valence electrons. The Morgan fingerprint density at radius 2 is 1.96 bits per heavy atom. The summed E-state index contributed by atoms with van der Waals surface area (Å²) in [6.45, 7) is 1.49. The first kappa shape index (κ1) is 19.3. The number of rotatable bonds is 6. The quantitative estimate of drug-likeness (QED) is 0.771. The third-order valence-corrected chi connectivity index (χ3v) is 4.60. The number of nitrogens with zero attached hydrogens (tertiary/aromatic N) is 1. The van der Waals surface area contributed by atoms with E-state index in [-0.39, 0.29) is 11.9 Å². The molecule has 1 N–H and O–H groups in total. The molecule has 0 bridgehead atoms. The lowest BCUT2D eigenvalue weighted by atomic mass is 10.1. The maximum Gasteiger partial charge on any atom is 0.244 e. The number of amides is 1. The van der Waals surface area contributed by atoms with E-state index in [1.165, 1.54) is 6.08 Å². The van der Waals surface area contributed by atoms with Crippen molar-refractivity contribution >= 4 is 23.6 Å². The predicted octanol–water partition coefficient (Wildman–Crippen LogP) is 3.54. The number of carbonyl (C=O) groups is 1. The van der Waals surface area contributed by atoms with Crippen molar-refractivity contribution in [3.05, 3.63) is 64.7 Å². The van der Waals surface area contributed by atoms with Gasteiger partial charge >= 0.3 is 0 Å². The molecular weight excluding hydrogens is 364 g/mol. The summed E-state index contributed by atoms with van der Waals surface area (Å²) in [6.07, 6.45) is 3.21. The Balaban J connectivity index is 1.62. The van der Waals surface area contributed by atoms with E-state index >= 15 is 0 Å². The van der Waals surface area contributed by atoms with Crippen molar-refractivity contribution in [1.29, 1.82) is 0 Å². The molecule has 1 aliphatic heterocycles. The molecule has 1 atom stereocenters. The first-order valence-corrected chi connectivity index (χ1v) is 9.19. The lowest BCUT2D eigenvalue weighted by Crippen LogP contribution is -2.33. The van der Waals surface area contributed by atoms with Crippen LogP contribution in [0.4, 0.5) is 0 Å². The number of hydrogen-bond acceptors (Lipinski definition) is 4. The Bertz CT molecular complexity index is 822. The summed E-state index contributed by atoms with van der Waals surface area (Å²) >= 11 is 6.22. The Morgan fingerprint density at radius 3 is 2.70 bits per heavy atom. The van der Waals surface area contributed by atoms with E-state index in [0.29, 0.717) is 36.3 Å². The van der Waals surface area contributed by atoms with Crippen LogP contribution in [0.1, 0.15) is 17.2 Å². The summed E-state index contributed by atoms with van der Waals surface area (Å²) in [5.74, 6) is 0.996. The summed E-state index contributed by atoms with van der Waals surface area (Å²) in [5, 5.41) is 3.43. The highest BCUT2D eigenvalue weighted by Gasteiger charge is 2.16. The zero-order valence-electron chi connectivity index (χ0n) is 15.4. The molecule has 1 amide bonds. The second kappa shape index (κ2) is 8.93. The van der Waals surface area contributed by atoms with Gasteiger partial charge in [-0.15, -0.1) is 0 Å². The smallest absolute Gasteiger partial charge is 0.244 e. The van der Waals surface area contributed by atoms with Crippen molar-refractivity contribution in [3.8, 4) is 11.5 Å². The van der Waals surface area contributed by atoms with E-state index in [4.69, 9.17) is 21.1 Å². The highest BCUT2D eigenvalue weighted by atomic mass is 35.5. The monoisotopic (exact) mass is 386 g/mol. The minimum atomic E-state index is -0.163. The minimum Gasteiger partial charge on any atom is -0.486 e. The van der Waals surface area contributed by atoms with Crippen LogP contribution in [0.5, 0.6) is 11.5 Å². The molecule has 1 heterocycles. The first-order chi connectivity index (χ1) is 13.0. The van der Waals surface area contributed by atoms with Gasteiger partial charge in [0.05, 0.1) is 11.1 Å². The number of likely N-dealkylation sites (N-methyl/N-ethyl adjacent to an activating group) is 1. The van der Waals surface area contributed by atoms with Crippen LogP contribution in [0.3, 0.4) is 0 Å². The molecule has 0 saturated carbocycles. The van der Waals surface area contributed by atoms with Gasteiger partial charge in [-0.3, -0.25) is 4.79 Å². The van der Waals surface area contributed by atoms with E-state index in [9.17, 15) is 4.79 Å². The number of benzene rings is 2. The van der Waals surface area contributed by atoms with Crippen molar-refractivity contribution in [2.45, 2.75) is 6.04 Å². The predicted molar refractivity (Wildman–Crippen MR) is 107 cm³/mol. The lowest BCUT2D eigenvalue weighted by Gasteiger charge is -2.24. The van der Waals surface area contributed by atoms with Crippen LogP contribution in [-0.4, -0.2) is 44.7 Å². The number of nitrogens with one attached hydrogen (secondary N) is 1. The van der Waals surface area contributed by atoms with Crippen molar-refractivity contribution in [2.24, 2.45) is 0 Å². The standard InChI is InChI=1S/C21H23ClN2O3/c1-24(2)18(16-6-4-3-5-7-16)14-23-20(25)9-8-15-12-17(22)21-19(13-15)26-10-11-27-21/h3-9,12-13,18H,10-11,14H2,1-2H3,(H,23,25)/b9-8+. The minimum absolute atomic E-state index is 0.104. The molecule has 0 spiro atoms. The van der Waals surface area contributed by atoms with Gasteiger partial charge in [0, 0.05) is 12.6 Å². The number of halogens is 1. The van der Waals surface area contributed by atoms with E-state index in [2.05, 4.69) is 22.3 Å². The number of hydrogen-bond donors (Lipinski definition) is 1. The second-order valence-corrected chi connectivity index (χ2v) is 6.90. The summed E-state index contributed by atoms with van der Waals surface area (Å²) in [7, 11) is 3.99. The summed E-state index contributed by atoms with van der Waals surface area (Å²) in [4.78, 5) is 14.3. The molecule has 0 radical (unpaired) electrons. The fourth-order valence-electron chi connectivity index (χ4n) is 2.93. The number of fused-ring (bicyclic) bond motifs is 1.